The normalized spacial score (nSPS) is 9.87. The van der Waals surface area contributed by atoms with Crippen LogP contribution >= 0.6 is 0 Å². The molecule has 0 aliphatic carbocycles. The molecule has 80 valence electrons. The van der Waals surface area contributed by atoms with Gasteiger partial charge in [0.15, 0.2) is 12.2 Å². The van der Waals surface area contributed by atoms with Gasteiger partial charge in [-0.15, -0.1) is 20.4 Å². The first-order valence-electron chi connectivity index (χ1n) is 4.47. The number of hydrogen-bond donors (Lipinski definition) is 1. The van der Waals surface area contributed by atoms with Gasteiger partial charge in [-0.1, -0.05) is 0 Å². The third kappa shape index (κ3) is 4.75. The molecule has 1 aromatic rings. The van der Waals surface area contributed by atoms with E-state index in [4.69, 9.17) is 5.73 Å². The van der Waals surface area contributed by atoms with E-state index in [1.807, 2.05) is 0 Å². The third-order valence-electron chi connectivity index (χ3n) is 1.68. The van der Waals surface area contributed by atoms with E-state index >= 15 is 0 Å². The summed E-state index contributed by atoms with van der Waals surface area (Å²) in [7, 11) is 0. The van der Waals surface area contributed by atoms with Crippen LogP contribution < -0.4 is 5.73 Å². The van der Waals surface area contributed by atoms with Crippen LogP contribution in [0.25, 0.3) is 0 Å². The quantitative estimate of drug-likeness (QED) is 0.645. The van der Waals surface area contributed by atoms with Gasteiger partial charge in [0, 0.05) is 12.8 Å². The second-order valence-corrected chi connectivity index (χ2v) is 3.00. The molecule has 0 fully saturated rings. The average Bonchev–Trinajstić information content (AvgIpc) is 2.18. The molecular weight excluding hydrogens is 198 g/mol. The van der Waals surface area contributed by atoms with E-state index in [1.54, 1.807) is 0 Å². The minimum atomic E-state index is -0.401. The lowest BCUT2D eigenvalue weighted by molar-refractivity contribution is -0.119. The van der Waals surface area contributed by atoms with Crippen molar-refractivity contribution in [3.63, 3.8) is 0 Å². The molecule has 15 heavy (non-hydrogen) atoms. The molecule has 1 heterocycles. The predicted molar refractivity (Wildman–Crippen MR) is 49.4 cm³/mol. The predicted octanol–water partition coefficient (Wildman–Crippen LogP) is -0.966. The highest BCUT2D eigenvalue weighted by atomic mass is 16.1. The summed E-state index contributed by atoms with van der Waals surface area (Å²) in [6.45, 7) is 0. The van der Waals surface area contributed by atoms with Crippen molar-refractivity contribution in [1.29, 1.82) is 0 Å². The lowest BCUT2D eigenvalue weighted by atomic mass is 10.1. The highest BCUT2D eigenvalue weighted by Crippen LogP contribution is 1.99. The van der Waals surface area contributed by atoms with Crippen LogP contribution in [0, 0.1) is 0 Å². The Labute approximate surface area is 86.1 Å². The van der Waals surface area contributed by atoms with Gasteiger partial charge in [-0.25, -0.2) is 0 Å². The lowest BCUT2D eigenvalue weighted by Crippen LogP contribution is -2.12. The van der Waals surface area contributed by atoms with Crippen molar-refractivity contribution < 1.29 is 9.59 Å². The Kier molecular flexibility index (Phi) is 4.27. The first-order valence-corrected chi connectivity index (χ1v) is 4.47. The molecule has 0 aromatic carbocycles. The summed E-state index contributed by atoms with van der Waals surface area (Å²) in [6.07, 6.45) is 2.27. The van der Waals surface area contributed by atoms with Crippen LogP contribution in [0.1, 0.15) is 25.1 Å². The molecule has 0 spiro atoms. The largest absolute Gasteiger partial charge is 0.370 e. The topological polar surface area (TPSA) is 112 Å². The second-order valence-electron chi connectivity index (χ2n) is 3.00. The van der Waals surface area contributed by atoms with E-state index in [9.17, 15) is 9.59 Å². The summed E-state index contributed by atoms with van der Waals surface area (Å²) >= 11 is 0. The van der Waals surface area contributed by atoms with E-state index in [0.717, 1.165) is 0 Å². The Morgan fingerprint density at radius 1 is 1.20 bits per heavy atom. The van der Waals surface area contributed by atoms with Crippen LogP contribution in [0.5, 0.6) is 0 Å². The molecular formula is C8H11N5O2. The summed E-state index contributed by atoms with van der Waals surface area (Å²) in [5.74, 6) is -0.158. The van der Waals surface area contributed by atoms with Crippen molar-refractivity contribution in [2.75, 3.05) is 0 Å². The van der Waals surface area contributed by atoms with Crippen LogP contribution in [0.3, 0.4) is 0 Å². The molecule has 0 aliphatic heterocycles. The SMILES string of the molecule is NC(=O)CCCC(=O)Cc1nncnn1. The number of nitrogens with zero attached hydrogens (tertiary/aromatic N) is 4. The summed E-state index contributed by atoms with van der Waals surface area (Å²) in [6, 6.07) is 0. The molecule has 2 N–H and O–H groups in total. The van der Waals surface area contributed by atoms with Gasteiger partial charge in [-0.05, 0) is 6.42 Å². The van der Waals surface area contributed by atoms with E-state index in [2.05, 4.69) is 20.4 Å². The number of nitrogens with two attached hydrogens (primary N) is 1. The number of carbonyl (C=O) groups excluding carboxylic acids is 2. The molecule has 0 saturated carbocycles. The molecule has 0 bridgehead atoms. The Bertz CT molecular complexity index is 340. The van der Waals surface area contributed by atoms with Gasteiger partial charge in [0.1, 0.15) is 5.78 Å². The Balaban J connectivity index is 2.28. The monoisotopic (exact) mass is 209 g/mol. The van der Waals surface area contributed by atoms with Gasteiger partial charge in [0.05, 0.1) is 6.42 Å². The van der Waals surface area contributed by atoms with Gasteiger partial charge in [-0.2, -0.15) is 0 Å². The number of rotatable bonds is 6. The fraction of sp³-hybridized carbons (Fsp3) is 0.500. The Morgan fingerprint density at radius 3 is 2.47 bits per heavy atom. The maximum Gasteiger partial charge on any atom is 0.217 e. The molecule has 1 aromatic heterocycles. The highest BCUT2D eigenvalue weighted by molar-refractivity contribution is 5.81. The van der Waals surface area contributed by atoms with E-state index in [1.165, 1.54) is 6.33 Å². The molecule has 0 saturated heterocycles. The molecule has 0 aliphatic rings. The summed E-state index contributed by atoms with van der Waals surface area (Å²) in [5, 5.41) is 14.2. The molecule has 1 rings (SSSR count). The first-order chi connectivity index (χ1) is 7.18. The van der Waals surface area contributed by atoms with Crippen molar-refractivity contribution in [3.8, 4) is 0 Å². The molecule has 7 nitrogen and oxygen atoms in total. The van der Waals surface area contributed by atoms with Crippen LogP contribution in [0.2, 0.25) is 0 Å². The van der Waals surface area contributed by atoms with Crippen LogP contribution in [-0.4, -0.2) is 32.1 Å². The molecule has 0 atom stereocenters. The van der Waals surface area contributed by atoms with Gasteiger partial charge in [0.25, 0.3) is 0 Å². The minimum absolute atomic E-state index is 0.0500. The smallest absolute Gasteiger partial charge is 0.217 e. The standard InChI is InChI=1S/C8H11N5O2/c9-7(15)3-1-2-6(14)4-8-12-10-5-11-13-8/h5H,1-4H2,(H2,9,15). The fourth-order valence-electron chi connectivity index (χ4n) is 1.02. The fourth-order valence-corrected chi connectivity index (χ4v) is 1.02. The maximum atomic E-state index is 11.3. The van der Waals surface area contributed by atoms with E-state index in [-0.39, 0.29) is 18.6 Å². The van der Waals surface area contributed by atoms with Crippen LogP contribution in [0.15, 0.2) is 6.33 Å². The molecule has 7 heteroatoms. The first kappa shape index (κ1) is 11.2. The summed E-state index contributed by atoms with van der Waals surface area (Å²) < 4.78 is 0. The van der Waals surface area contributed by atoms with Crippen molar-refractivity contribution in [3.05, 3.63) is 12.2 Å². The highest BCUT2D eigenvalue weighted by Gasteiger charge is 2.07. The molecule has 0 unspecified atom stereocenters. The van der Waals surface area contributed by atoms with Crippen LogP contribution in [-0.2, 0) is 16.0 Å². The number of hydrogen-bond acceptors (Lipinski definition) is 6. The number of Topliss-reactive ketones (excluding diaryl/α,β-unsaturated/α-hetero) is 1. The van der Waals surface area contributed by atoms with Gasteiger partial charge in [0.2, 0.25) is 5.91 Å². The minimum Gasteiger partial charge on any atom is -0.370 e. The zero-order chi connectivity index (χ0) is 11.1. The van der Waals surface area contributed by atoms with Gasteiger partial charge < -0.3 is 5.73 Å². The van der Waals surface area contributed by atoms with Crippen molar-refractivity contribution in [2.24, 2.45) is 5.73 Å². The molecule has 1 amide bonds. The summed E-state index contributed by atoms with van der Waals surface area (Å²) in [4.78, 5) is 21.7. The Hall–Kier alpha value is -1.92. The number of amides is 1. The summed E-state index contributed by atoms with van der Waals surface area (Å²) in [5.41, 5.74) is 4.94. The Morgan fingerprint density at radius 2 is 1.87 bits per heavy atom. The number of primary amides is 1. The second kappa shape index (κ2) is 5.74. The number of ketones is 1. The number of carbonyl (C=O) groups is 2. The average molecular weight is 209 g/mol. The van der Waals surface area contributed by atoms with E-state index in [0.29, 0.717) is 18.7 Å². The van der Waals surface area contributed by atoms with Gasteiger partial charge >= 0.3 is 0 Å². The van der Waals surface area contributed by atoms with Crippen molar-refractivity contribution in [2.45, 2.75) is 25.7 Å². The van der Waals surface area contributed by atoms with E-state index < -0.39 is 5.91 Å². The van der Waals surface area contributed by atoms with Crippen molar-refractivity contribution in [1.82, 2.24) is 20.4 Å². The zero-order valence-electron chi connectivity index (χ0n) is 8.09. The van der Waals surface area contributed by atoms with Crippen LogP contribution in [0.4, 0.5) is 0 Å². The van der Waals surface area contributed by atoms with Crippen molar-refractivity contribution >= 4 is 11.7 Å². The number of aromatic nitrogens is 4. The lowest BCUT2D eigenvalue weighted by Gasteiger charge is -1.97. The molecule has 0 radical (unpaired) electrons. The maximum absolute atomic E-state index is 11.3. The van der Waals surface area contributed by atoms with Gasteiger partial charge in [-0.3, -0.25) is 9.59 Å². The third-order valence-corrected chi connectivity index (χ3v) is 1.68. The zero-order valence-corrected chi connectivity index (χ0v) is 8.09.